The van der Waals surface area contributed by atoms with Gasteiger partial charge in [-0.2, -0.15) is 15.4 Å². The van der Waals surface area contributed by atoms with Crippen molar-refractivity contribution in [3.05, 3.63) is 110 Å². The van der Waals surface area contributed by atoms with Crippen LogP contribution in [-0.4, -0.2) is 95.2 Å². The first-order valence-electron chi connectivity index (χ1n) is 24.3. The van der Waals surface area contributed by atoms with Crippen LogP contribution in [0.2, 0.25) is 0 Å². The highest BCUT2D eigenvalue weighted by Gasteiger charge is 2.49. The third kappa shape index (κ3) is 14.5. The number of fused-ring (bicyclic) bond motifs is 6. The maximum atomic E-state index is 14.9. The van der Waals surface area contributed by atoms with Gasteiger partial charge in [0.15, 0.2) is 0 Å². The number of hydroxylamine groups is 4. The summed E-state index contributed by atoms with van der Waals surface area (Å²) in [7, 11) is -7.06. The number of para-hydroxylation sites is 2. The first-order valence-corrected chi connectivity index (χ1v) is 27.7. The molecular formula is C54H73N3O12P2. The van der Waals surface area contributed by atoms with Crippen LogP contribution in [0.1, 0.15) is 81.1 Å². The van der Waals surface area contributed by atoms with Crippen molar-refractivity contribution in [3.63, 3.8) is 0 Å². The summed E-state index contributed by atoms with van der Waals surface area (Å²) in [5, 5.41) is 42.9. The smallest absolute Gasteiger partial charge is 0.330 e. The Labute approximate surface area is 420 Å². The van der Waals surface area contributed by atoms with Crippen LogP contribution in [0.4, 0.5) is 0 Å². The average Bonchev–Trinajstić information content (AvgIpc) is 3.34. The number of esters is 2. The number of aliphatic hydroxyl groups excluding tert-OH is 2. The van der Waals surface area contributed by atoms with Gasteiger partial charge in [-0.25, -0.2) is 4.79 Å². The number of hydrogen-bond donors (Lipinski definition) is 3. The highest BCUT2D eigenvalue weighted by atomic mass is 31.2. The van der Waals surface area contributed by atoms with E-state index < -0.39 is 43.6 Å². The van der Waals surface area contributed by atoms with Gasteiger partial charge in [0, 0.05) is 30.3 Å². The van der Waals surface area contributed by atoms with E-state index in [2.05, 4.69) is 17.4 Å². The highest BCUT2D eigenvalue weighted by Crippen LogP contribution is 2.61. The Hall–Kier alpha value is -5.13. The van der Waals surface area contributed by atoms with Crippen molar-refractivity contribution in [1.29, 1.82) is 5.26 Å². The number of aliphatic hydroxyl groups is 2. The van der Waals surface area contributed by atoms with Gasteiger partial charge in [0.25, 0.3) is 14.7 Å². The van der Waals surface area contributed by atoms with Gasteiger partial charge >= 0.3 is 11.9 Å². The van der Waals surface area contributed by atoms with Crippen molar-refractivity contribution in [2.45, 2.75) is 92.6 Å². The predicted molar refractivity (Wildman–Crippen MR) is 277 cm³/mol. The number of ether oxygens (including phenoxy) is 2. The van der Waals surface area contributed by atoms with E-state index in [1.165, 1.54) is 11.1 Å². The normalized spacial score (nSPS) is 17.7. The Balaban J connectivity index is 0.000000280. The van der Waals surface area contributed by atoms with Gasteiger partial charge in [-0.3, -0.25) is 18.8 Å². The lowest BCUT2D eigenvalue weighted by atomic mass is 9.80. The number of rotatable bonds is 22. The maximum absolute atomic E-state index is 14.9. The van der Waals surface area contributed by atoms with Gasteiger partial charge in [0.05, 0.1) is 55.1 Å². The van der Waals surface area contributed by atoms with E-state index in [1.54, 1.807) is 32.0 Å². The van der Waals surface area contributed by atoms with E-state index in [0.29, 0.717) is 28.7 Å². The molecule has 71 heavy (non-hydrogen) atoms. The minimum absolute atomic E-state index is 0.0139. The number of nitriles is 1. The van der Waals surface area contributed by atoms with Crippen LogP contribution >= 0.6 is 14.7 Å². The Morgan fingerprint density at radius 1 is 0.718 bits per heavy atom. The van der Waals surface area contributed by atoms with Crippen LogP contribution < -0.4 is 19.7 Å². The Bertz CT molecular complexity index is 2510. The fraction of sp³-hybridized carbons (Fsp3) is 0.463. The first kappa shape index (κ1) is 58.4. The lowest BCUT2D eigenvalue weighted by Crippen LogP contribution is -2.46. The Kier molecular flexibility index (Phi) is 22.7. The molecule has 6 rings (SSSR count). The van der Waals surface area contributed by atoms with Crippen molar-refractivity contribution in [1.82, 2.24) is 10.1 Å². The molecule has 0 fully saturated rings. The summed E-state index contributed by atoms with van der Waals surface area (Å²) >= 11 is 0. The number of carbonyl (C=O) groups excluding carboxylic acids is 2. The van der Waals surface area contributed by atoms with Crippen LogP contribution in [0.25, 0.3) is 22.3 Å². The SMILES string of the molecule is C=CC(=O)OCCCC.CC(C)C(N(O)CCO)P1(=O)Oc2ccccc2-c2ccccc21.CCCCOC(=O)C(CON(CCO)C(C(C)C)P1(=O)Oc2ccccc2-c2ccccc21)C(C)(C)C#N. The standard InChI is InChI=1S/C29H39N2O6P.C18H22NO4P.C7H12O2/c1-6-7-18-35-28(33)24(29(4,5)20-30)19-36-31(16-17-32)27(21(2)3)38(34)26-15-11-9-13-23(26)22-12-8-10-14-25(22)37-38;1-13(2)18(19(21)11-12-20)24(22)17-10-6-4-8-15(17)14-7-3-5-9-16(14)23-24;1-3-5-6-9-7(8)4-2/h8-15,21,24,27,32H,6-7,16-19H2,1-5H3;3-10,13,18,20-21H,11-12H2,1-2H3;4H,2-3,5-6H2,1H3. The fourth-order valence-corrected chi connectivity index (χ4v) is 14.4. The summed E-state index contributed by atoms with van der Waals surface area (Å²) in [5.74, 6) is -2.52. The molecule has 5 atom stereocenters. The molecule has 5 unspecified atom stereocenters. The summed E-state index contributed by atoms with van der Waals surface area (Å²) in [6.07, 6.45) is 4.75. The molecule has 2 aliphatic rings. The molecule has 0 aliphatic carbocycles. The van der Waals surface area contributed by atoms with Crippen LogP contribution in [-0.2, 0) is 33.0 Å². The molecule has 0 bridgehead atoms. The number of unbranched alkanes of at least 4 members (excludes halogenated alkanes) is 2. The summed E-state index contributed by atoms with van der Waals surface area (Å²) in [6, 6.07) is 32.1. The molecule has 0 saturated heterocycles. The van der Waals surface area contributed by atoms with Crippen LogP contribution in [0, 0.1) is 34.5 Å². The predicted octanol–water partition coefficient (Wildman–Crippen LogP) is 10.2. The van der Waals surface area contributed by atoms with E-state index in [1.807, 2.05) is 120 Å². The monoisotopic (exact) mass is 1020 g/mol. The molecule has 0 amide bonds. The van der Waals surface area contributed by atoms with Crippen molar-refractivity contribution in [2.75, 3.05) is 46.1 Å². The molecule has 2 heterocycles. The van der Waals surface area contributed by atoms with Crippen molar-refractivity contribution >= 4 is 37.3 Å². The summed E-state index contributed by atoms with van der Waals surface area (Å²) < 4.78 is 51.3. The molecule has 2 aliphatic heterocycles. The number of benzene rings is 4. The van der Waals surface area contributed by atoms with Gasteiger partial charge in [-0.05, 0) is 73.9 Å². The van der Waals surface area contributed by atoms with Crippen LogP contribution in [0.15, 0.2) is 110 Å². The zero-order chi connectivity index (χ0) is 52.4. The third-order valence-electron chi connectivity index (χ3n) is 11.9. The van der Waals surface area contributed by atoms with E-state index in [9.17, 15) is 39.4 Å². The third-order valence-corrected chi connectivity index (χ3v) is 18.1. The maximum Gasteiger partial charge on any atom is 0.330 e. The molecule has 3 N–H and O–H groups in total. The molecule has 0 aromatic heterocycles. The quantitative estimate of drug-likeness (QED) is 0.0220. The molecule has 15 nitrogen and oxygen atoms in total. The van der Waals surface area contributed by atoms with E-state index in [0.717, 1.165) is 53.0 Å². The molecular weight excluding hydrogens is 945 g/mol. The Morgan fingerprint density at radius 2 is 1.15 bits per heavy atom. The summed E-state index contributed by atoms with van der Waals surface area (Å²) in [4.78, 5) is 29.5. The number of hydrogen-bond acceptors (Lipinski definition) is 15. The van der Waals surface area contributed by atoms with Crippen LogP contribution in [0.3, 0.4) is 0 Å². The van der Waals surface area contributed by atoms with E-state index in [-0.39, 0.29) is 57.3 Å². The highest BCUT2D eigenvalue weighted by molar-refractivity contribution is 7.68. The van der Waals surface area contributed by atoms with E-state index >= 15 is 0 Å². The minimum atomic E-state index is -3.63. The largest absolute Gasteiger partial charge is 0.465 e. The van der Waals surface area contributed by atoms with Gasteiger partial charge in [-0.1, -0.05) is 134 Å². The molecule has 386 valence electrons. The average molecular weight is 1020 g/mol. The number of nitrogens with zero attached hydrogens (tertiary/aromatic N) is 3. The molecule has 17 heteroatoms. The lowest BCUT2D eigenvalue weighted by Gasteiger charge is -2.41. The minimum Gasteiger partial charge on any atom is -0.465 e. The topological polar surface area (TPSA) is 205 Å². The van der Waals surface area contributed by atoms with Crippen LogP contribution in [0.5, 0.6) is 11.5 Å². The zero-order valence-corrected chi connectivity index (χ0v) is 44.2. The molecule has 4 aromatic rings. The molecule has 0 radical (unpaired) electrons. The summed E-state index contributed by atoms with van der Waals surface area (Å²) in [6.45, 7) is 18.4. The van der Waals surface area contributed by atoms with Crippen molar-refractivity contribution in [2.24, 2.45) is 23.2 Å². The molecule has 4 aromatic carbocycles. The second kappa shape index (κ2) is 27.6. The van der Waals surface area contributed by atoms with Crippen molar-refractivity contribution in [3.8, 4) is 39.8 Å². The fourth-order valence-electron chi connectivity index (χ4n) is 8.29. The molecule has 0 saturated carbocycles. The summed E-state index contributed by atoms with van der Waals surface area (Å²) in [5.41, 5.74) is 2.38. The van der Waals surface area contributed by atoms with Crippen molar-refractivity contribution < 1.29 is 57.5 Å². The first-order chi connectivity index (χ1) is 33.9. The van der Waals surface area contributed by atoms with E-state index in [4.69, 9.17) is 18.6 Å². The van der Waals surface area contributed by atoms with Gasteiger partial charge in [-0.15, -0.1) is 0 Å². The lowest BCUT2D eigenvalue weighted by molar-refractivity contribution is -0.202. The number of carbonyl (C=O) groups is 2. The van der Waals surface area contributed by atoms with Gasteiger partial charge < -0.3 is 33.9 Å². The Morgan fingerprint density at radius 3 is 1.59 bits per heavy atom. The second-order valence-corrected chi connectivity index (χ2v) is 23.2. The van der Waals surface area contributed by atoms with Gasteiger partial charge in [0.2, 0.25) is 0 Å². The molecule has 0 spiro atoms. The second-order valence-electron chi connectivity index (χ2n) is 18.4. The zero-order valence-electron chi connectivity index (χ0n) is 42.4. The van der Waals surface area contributed by atoms with Gasteiger partial charge in [0.1, 0.15) is 29.0 Å².